The van der Waals surface area contributed by atoms with Gasteiger partial charge in [-0.25, -0.2) is 0 Å². The molecule has 0 aliphatic carbocycles. The molecule has 0 spiro atoms. The molecule has 3 aromatic rings. The highest BCUT2D eigenvalue weighted by atomic mass is 127. The first-order valence-electron chi connectivity index (χ1n) is 8.81. The molecule has 0 atom stereocenters. The SMILES string of the molecule is O=C(CNc1ccc(I)cc1)Nc1ccc(C(=O)NCc2ccccc2)cc1. The monoisotopic (exact) mass is 485 g/mol. The lowest BCUT2D eigenvalue weighted by Crippen LogP contribution is -2.23. The fraction of sp³-hybridized carbons (Fsp3) is 0.0909. The van der Waals surface area contributed by atoms with Crippen LogP contribution in [0.5, 0.6) is 0 Å². The first kappa shape index (κ1) is 19.9. The van der Waals surface area contributed by atoms with Gasteiger partial charge in [0.1, 0.15) is 0 Å². The van der Waals surface area contributed by atoms with Crippen LogP contribution in [0.2, 0.25) is 0 Å². The number of amides is 2. The molecule has 0 fully saturated rings. The highest BCUT2D eigenvalue weighted by Gasteiger charge is 2.07. The number of hydrogen-bond donors (Lipinski definition) is 3. The molecule has 0 saturated carbocycles. The third-order valence-electron chi connectivity index (χ3n) is 4.02. The van der Waals surface area contributed by atoms with Crippen LogP contribution in [-0.2, 0) is 11.3 Å². The molecule has 0 bridgehead atoms. The molecule has 28 heavy (non-hydrogen) atoms. The van der Waals surface area contributed by atoms with Crippen molar-refractivity contribution in [2.45, 2.75) is 6.54 Å². The number of hydrogen-bond acceptors (Lipinski definition) is 3. The second kappa shape index (κ2) is 9.89. The van der Waals surface area contributed by atoms with E-state index in [0.717, 1.165) is 14.8 Å². The Balaban J connectivity index is 1.47. The van der Waals surface area contributed by atoms with E-state index in [1.807, 2.05) is 54.6 Å². The fourth-order valence-corrected chi connectivity index (χ4v) is 2.90. The van der Waals surface area contributed by atoms with Crippen LogP contribution in [0.25, 0.3) is 0 Å². The van der Waals surface area contributed by atoms with Gasteiger partial charge in [0.25, 0.3) is 5.91 Å². The van der Waals surface area contributed by atoms with Crippen LogP contribution in [-0.4, -0.2) is 18.4 Å². The zero-order chi connectivity index (χ0) is 19.8. The maximum absolute atomic E-state index is 12.2. The number of halogens is 1. The summed E-state index contributed by atoms with van der Waals surface area (Å²) in [5, 5.41) is 8.77. The van der Waals surface area contributed by atoms with Crippen molar-refractivity contribution >= 4 is 45.8 Å². The molecular formula is C22H20IN3O2. The molecule has 3 N–H and O–H groups in total. The average Bonchev–Trinajstić information content (AvgIpc) is 2.73. The molecule has 0 saturated heterocycles. The van der Waals surface area contributed by atoms with Crippen LogP contribution in [0, 0.1) is 3.57 Å². The summed E-state index contributed by atoms with van der Waals surface area (Å²) in [6, 6.07) is 24.4. The Morgan fingerprint density at radius 3 is 2.11 bits per heavy atom. The molecular weight excluding hydrogens is 465 g/mol. The number of nitrogens with one attached hydrogen (secondary N) is 3. The molecule has 0 heterocycles. The maximum Gasteiger partial charge on any atom is 0.251 e. The average molecular weight is 485 g/mol. The largest absolute Gasteiger partial charge is 0.376 e. The van der Waals surface area contributed by atoms with Gasteiger partial charge in [-0.15, -0.1) is 0 Å². The van der Waals surface area contributed by atoms with Gasteiger partial charge in [-0.3, -0.25) is 9.59 Å². The molecule has 2 amide bonds. The number of benzene rings is 3. The third kappa shape index (κ3) is 6.09. The lowest BCUT2D eigenvalue weighted by atomic mass is 10.1. The van der Waals surface area contributed by atoms with Crippen molar-refractivity contribution in [2.75, 3.05) is 17.2 Å². The summed E-state index contributed by atoms with van der Waals surface area (Å²) >= 11 is 2.23. The van der Waals surface area contributed by atoms with Crippen LogP contribution in [0.4, 0.5) is 11.4 Å². The van der Waals surface area contributed by atoms with Crippen LogP contribution in [0.1, 0.15) is 15.9 Å². The Labute approximate surface area is 177 Å². The summed E-state index contributed by atoms with van der Waals surface area (Å²) in [5.74, 6) is -0.304. The molecule has 0 unspecified atom stereocenters. The maximum atomic E-state index is 12.2. The molecule has 5 nitrogen and oxygen atoms in total. The zero-order valence-corrected chi connectivity index (χ0v) is 17.3. The van der Waals surface area contributed by atoms with Gasteiger partial charge in [0.2, 0.25) is 5.91 Å². The molecule has 0 aliphatic rings. The van der Waals surface area contributed by atoms with Gasteiger partial charge < -0.3 is 16.0 Å². The van der Waals surface area contributed by atoms with Gasteiger partial charge in [-0.2, -0.15) is 0 Å². The fourth-order valence-electron chi connectivity index (χ4n) is 2.54. The Bertz CT molecular complexity index is 926. The van der Waals surface area contributed by atoms with Gasteiger partial charge in [-0.1, -0.05) is 30.3 Å². The van der Waals surface area contributed by atoms with Gasteiger partial charge in [-0.05, 0) is 76.7 Å². The van der Waals surface area contributed by atoms with E-state index in [-0.39, 0.29) is 18.4 Å². The van der Waals surface area contributed by atoms with E-state index in [1.165, 1.54) is 0 Å². The van der Waals surface area contributed by atoms with Crippen molar-refractivity contribution in [2.24, 2.45) is 0 Å². The lowest BCUT2D eigenvalue weighted by molar-refractivity contribution is -0.114. The van der Waals surface area contributed by atoms with Crippen LogP contribution < -0.4 is 16.0 Å². The highest BCUT2D eigenvalue weighted by molar-refractivity contribution is 14.1. The molecule has 3 aromatic carbocycles. The summed E-state index contributed by atoms with van der Waals surface area (Å²) < 4.78 is 1.14. The van der Waals surface area contributed by atoms with Crippen molar-refractivity contribution in [3.05, 3.63) is 93.6 Å². The second-order valence-corrected chi connectivity index (χ2v) is 7.40. The predicted octanol–water partition coefficient (Wildman–Crippen LogP) is 4.27. The molecule has 6 heteroatoms. The van der Waals surface area contributed by atoms with Gasteiger partial charge in [0.15, 0.2) is 0 Å². The van der Waals surface area contributed by atoms with Crippen molar-refractivity contribution in [3.63, 3.8) is 0 Å². The molecule has 0 radical (unpaired) electrons. The van der Waals surface area contributed by atoms with Crippen molar-refractivity contribution in [1.29, 1.82) is 0 Å². The Kier molecular flexibility index (Phi) is 7.02. The first-order chi connectivity index (χ1) is 13.6. The summed E-state index contributed by atoms with van der Waals surface area (Å²) in [5.41, 5.74) is 3.13. The number of carbonyl (C=O) groups is 2. The Hall–Kier alpha value is -2.87. The Morgan fingerprint density at radius 2 is 1.43 bits per heavy atom. The zero-order valence-electron chi connectivity index (χ0n) is 15.1. The quantitative estimate of drug-likeness (QED) is 0.438. The normalized spacial score (nSPS) is 10.2. The van der Waals surface area contributed by atoms with Crippen molar-refractivity contribution in [1.82, 2.24) is 5.32 Å². The third-order valence-corrected chi connectivity index (χ3v) is 4.74. The minimum absolute atomic E-state index is 0.151. The van der Waals surface area contributed by atoms with E-state index in [9.17, 15) is 9.59 Å². The molecule has 3 rings (SSSR count). The van der Waals surface area contributed by atoms with E-state index < -0.39 is 0 Å². The smallest absolute Gasteiger partial charge is 0.251 e. The van der Waals surface area contributed by atoms with Crippen molar-refractivity contribution in [3.8, 4) is 0 Å². The lowest BCUT2D eigenvalue weighted by Gasteiger charge is -2.09. The van der Waals surface area contributed by atoms with E-state index in [0.29, 0.717) is 17.8 Å². The molecule has 0 aromatic heterocycles. The summed E-state index contributed by atoms with van der Waals surface area (Å²) in [6.07, 6.45) is 0. The highest BCUT2D eigenvalue weighted by Crippen LogP contribution is 2.12. The van der Waals surface area contributed by atoms with Gasteiger partial charge in [0, 0.05) is 27.1 Å². The van der Waals surface area contributed by atoms with Crippen molar-refractivity contribution < 1.29 is 9.59 Å². The predicted molar refractivity (Wildman–Crippen MR) is 120 cm³/mol. The summed E-state index contributed by atoms with van der Waals surface area (Å²) in [6.45, 7) is 0.641. The number of carbonyl (C=O) groups excluding carboxylic acids is 2. The summed E-state index contributed by atoms with van der Waals surface area (Å²) in [4.78, 5) is 24.3. The topological polar surface area (TPSA) is 70.2 Å². The van der Waals surface area contributed by atoms with Gasteiger partial charge in [0.05, 0.1) is 6.54 Å². The van der Waals surface area contributed by atoms with Crippen LogP contribution in [0.15, 0.2) is 78.9 Å². The molecule has 0 aliphatic heterocycles. The second-order valence-electron chi connectivity index (χ2n) is 6.15. The van der Waals surface area contributed by atoms with Crippen LogP contribution in [0.3, 0.4) is 0 Å². The van der Waals surface area contributed by atoms with Crippen LogP contribution >= 0.6 is 22.6 Å². The number of rotatable bonds is 7. The minimum atomic E-state index is -0.153. The van der Waals surface area contributed by atoms with E-state index >= 15 is 0 Å². The summed E-state index contributed by atoms with van der Waals surface area (Å²) in [7, 11) is 0. The number of anilines is 2. The van der Waals surface area contributed by atoms with E-state index in [1.54, 1.807) is 24.3 Å². The Morgan fingerprint density at radius 1 is 0.786 bits per heavy atom. The minimum Gasteiger partial charge on any atom is -0.376 e. The first-order valence-corrected chi connectivity index (χ1v) is 9.89. The van der Waals surface area contributed by atoms with E-state index in [2.05, 4.69) is 38.5 Å². The standard InChI is InChI=1S/C22H20IN3O2/c23-18-8-12-19(13-9-18)24-15-21(27)26-20-10-6-17(7-11-20)22(28)25-14-16-4-2-1-3-5-16/h1-13,24H,14-15H2,(H,25,28)(H,26,27). The van der Waals surface area contributed by atoms with Gasteiger partial charge >= 0.3 is 0 Å². The molecule has 142 valence electrons. The van der Waals surface area contributed by atoms with E-state index in [4.69, 9.17) is 0 Å².